The van der Waals surface area contributed by atoms with Crippen molar-refractivity contribution in [2.24, 2.45) is 5.92 Å². The summed E-state index contributed by atoms with van der Waals surface area (Å²) >= 11 is 5.29. The Morgan fingerprint density at radius 3 is 1.83 bits per heavy atom. The second-order valence-electron chi connectivity index (χ2n) is 6.70. The van der Waals surface area contributed by atoms with E-state index < -0.39 is 48.7 Å². The summed E-state index contributed by atoms with van der Waals surface area (Å²) in [6.07, 6.45) is -0.392. The molecule has 1 aromatic rings. The Morgan fingerprint density at radius 2 is 1.39 bits per heavy atom. The largest absolute Gasteiger partial charge is 0.481 e. The molecule has 1 unspecified atom stereocenters. The number of carboxylic acids is 2. The number of halogens is 3. The molecule has 17 heteroatoms. The van der Waals surface area contributed by atoms with Gasteiger partial charge in [-0.25, -0.2) is 0 Å². The summed E-state index contributed by atoms with van der Waals surface area (Å²) in [4.78, 5) is 80.6. The van der Waals surface area contributed by atoms with Gasteiger partial charge in [-0.1, -0.05) is 0 Å². The molecule has 14 nitrogen and oxygen atoms in total. The molecule has 5 N–H and O–H groups in total. The second kappa shape index (κ2) is 15.7. The Labute approximate surface area is 244 Å². The van der Waals surface area contributed by atoms with Crippen LogP contribution in [0.4, 0.5) is 5.69 Å². The molecule has 0 bridgehead atoms. The Balaban J connectivity index is 3.44. The minimum atomic E-state index is -1.42. The van der Waals surface area contributed by atoms with Gasteiger partial charge in [0.05, 0.1) is 42.3 Å². The molecule has 1 rings (SSSR count). The first-order chi connectivity index (χ1) is 17.0. The molecule has 0 spiro atoms. The Hall–Kier alpha value is -2.30. The highest BCUT2D eigenvalue weighted by molar-refractivity contribution is 14.1. The summed E-state index contributed by atoms with van der Waals surface area (Å²) in [5.41, 5.74) is -0.00359. The smallest absolute Gasteiger partial charge is 0.308 e. The third-order valence-corrected chi connectivity index (χ3v) is 7.56. The number of aliphatic carboxylic acids is 2. The van der Waals surface area contributed by atoms with Crippen LogP contribution in [0, 0.1) is 16.6 Å². The van der Waals surface area contributed by atoms with E-state index in [9.17, 15) is 38.7 Å². The van der Waals surface area contributed by atoms with Crippen molar-refractivity contribution in [2.45, 2.75) is 12.5 Å². The summed E-state index contributed by atoms with van der Waals surface area (Å²) in [5, 5.41) is 25.4. The highest BCUT2D eigenvalue weighted by Gasteiger charge is 2.30. The van der Waals surface area contributed by atoms with Crippen LogP contribution in [0.1, 0.15) is 27.1 Å². The number of ether oxygens (including phenoxy) is 2. The van der Waals surface area contributed by atoms with Crippen molar-refractivity contribution in [3.8, 4) is 0 Å². The number of nitrogens with one attached hydrogen (secondary N) is 3. The van der Waals surface area contributed by atoms with E-state index in [0.717, 1.165) is 0 Å². The molecular weight excluding hydrogens is 827 g/mol. The normalized spacial score (nSPS) is 11.1. The maximum absolute atomic E-state index is 13.1. The van der Waals surface area contributed by atoms with Crippen LogP contribution in [-0.2, 0) is 33.4 Å². The second-order valence-corrected chi connectivity index (χ2v) is 9.94. The molecule has 0 aliphatic rings. The SMILES string of the molecule is O=CNc1c(I)c(C(=O)NCC(CC(=O)O)C(=O)O)c(I)c(C(=O)NC(COC=O)COC=O)c1I. The summed E-state index contributed by atoms with van der Waals surface area (Å²) in [6, 6.07) is -0.939. The zero-order valence-electron chi connectivity index (χ0n) is 17.9. The third-order valence-electron chi connectivity index (χ3n) is 4.32. The molecular formula is C19H18I3N3O11. The molecule has 0 aliphatic heterocycles. The Morgan fingerprint density at radius 1 is 0.861 bits per heavy atom. The molecule has 36 heavy (non-hydrogen) atoms. The van der Waals surface area contributed by atoms with Crippen molar-refractivity contribution in [1.29, 1.82) is 0 Å². The van der Waals surface area contributed by atoms with Gasteiger partial charge < -0.3 is 35.6 Å². The van der Waals surface area contributed by atoms with Gasteiger partial charge in [-0.15, -0.1) is 0 Å². The topological polar surface area (TPSA) is 214 Å². The summed E-state index contributed by atoms with van der Waals surface area (Å²) < 4.78 is 9.87. The third kappa shape index (κ3) is 8.97. The summed E-state index contributed by atoms with van der Waals surface area (Å²) in [6.45, 7) is -0.880. The van der Waals surface area contributed by atoms with Crippen LogP contribution in [-0.4, -0.2) is 79.1 Å². The summed E-state index contributed by atoms with van der Waals surface area (Å²) in [5.74, 6) is -5.76. The average molecular weight is 845 g/mol. The lowest BCUT2D eigenvalue weighted by atomic mass is 10.0. The standard InChI is InChI=1S/C19H18I3N3O11/c20-13-11(17(31)23-2-8(19(33)34)1-10(29)30)14(21)16(24-5-26)15(22)12(13)18(32)25-9(3-35-6-27)4-36-7-28/h5-9H,1-4H2,(H,23,31)(H,24,26)(H,25,32)(H,29,30)(H,33,34). The van der Waals surface area contributed by atoms with Crippen molar-refractivity contribution in [3.63, 3.8) is 0 Å². The van der Waals surface area contributed by atoms with Crippen molar-refractivity contribution in [1.82, 2.24) is 10.6 Å². The van der Waals surface area contributed by atoms with Crippen molar-refractivity contribution >= 4 is 117 Å². The van der Waals surface area contributed by atoms with E-state index in [-0.39, 0.29) is 53.7 Å². The van der Waals surface area contributed by atoms with Crippen LogP contribution in [0.2, 0.25) is 0 Å². The van der Waals surface area contributed by atoms with Crippen LogP contribution in [0.25, 0.3) is 0 Å². The lowest BCUT2D eigenvalue weighted by Crippen LogP contribution is -2.42. The van der Waals surface area contributed by atoms with Crippen molar-refractivity contribution in [3.05, 3.63) is 21.8 Å². The van der Waals surface area contributed by atoms with Crippen LogP contribution >= 0.6 is 67.8 Å². The number of rotatable bonds is 16. The van der Waals surface area contributed by atoms with Gasteiger partial charge in [-0.3, -0.25) is 33.6 Å². The van der Waals surface area contributed by atoms with Gasteiger partial charge in [0.25, 0.3) is 24.8 Å². The van der Waals surface area contributed by atoms with E-state index in [1.165, 1.54) is 0 Å². The van der Waals surface area contributed by atoms with Gasteiger partial charge >= 0.3 is 11.9 Å². The van der Waals surface area contributed by atoms with Crippen LogP contribution in [0.15, 0.2) is 0 Å². The first kappa shape index (κ1) is 31.7. The number of carbonyl (C=O) groups is 7. The number of carbonyl (C=O) groups excluding carboxylic acids is 5. The number of carboxylic acid groups (broad SMARTS) is 2. The predicted molar refractivity (Wildman–Crippen MR) is 145 cm³/mol. The Bertz CT molecular complexity index is 1040. The molecule has 1 aromatic carbocycles. The van der Waals surface area contributed by atoms with Gasteiger partial charge in [0, 0.05) is 10.1 Å². The Kier molecular flexibility index (Phi) is 13.9. The number of benzene rings is 1. The van der Waals surface area contributed by atoms with Crippen LogP contribution < -0.4 is 16.0 Å². The number of hydrogen-bond donors (Lipinski definition) is 5. The van der Waals surface area contributed by atoms with Gasteiger partial charge in [0.15, 0.2) is 0 Å². The van der Waals surface area contributed by atoms with Crippen molar-refractivity contribution < 1.29 is 53.2 Å². The van der Waals surface area contributed by atoms with E-state index in [2.05, 4.69) is 25.4 Å². The van der Waals surface area contributed by atoms with E-state index in [0.29, 0.717) is 6.41 Å². The molecule has 0 fully saturated rings. The van der Waals surface area contributed by atoms with Crippen LogP contribution in [0.5, 0.6) is 0 Å². The van der Waals surface area contributed by atoms with E-state index in [1.807, 2.05) is 0 Å². The highest BCUT2D eigenvalue weighted by Crippen LogP contribution is 2.35. The fourth-order valence-corrected chi connectivity index (χ4v) is 7.17. The monoisotopic (exact) mass is 845 g/mol. The quantitative estimate of drug-likeness (QED) is 0.114. The van der Waals surface area contributed by atoms with E-state index >= 15 is 0 Å². The molecule has 196 valence electrons. The average Bonchev–Trinajstić information content (AvgIpc) is 2.80. The molecule has 0 saturated heterocycles. The van der Waals surface area contributed by atoms with E-state index in [4.69, 9.17) is 5.11 Å². The first-order valence-electron chi connectivity index (χ1n) is 9.54. The maximum Gasteiger partial charge on any atom is 0.308 e. The van der Waals surface area contributed by atoms with E-state index in [1.54, 1.807) is 67.8 Å². The van der Waals surface area contributed by atoms with Gasteiger partial charge in [-0.05, 0) is 67.8 Å². The minimum Gasteiger partial charge on any atom is -0.481 e. The zero-order valence-corrected chi connectivity index (χ0v) is 24.4. The zero-order chi connectivity index (χ0) is 27.4. The lowest BCUT2D eigenvalue weighted by Gasteiger charge is -2.21. The molecule has 0 saturated carbocycles. The minimum absolute atomic E-state index is 0.0476. The fourth-order valence-electron chi connectivity index (χ4n) is 2.71. The fraction of sp³-hybridized carbons (Fsp3) is 0.316. The highest BCUT2D eigenvalue weighted by atomic mass is 127. The first-order valence-corrected chi connectivity index (χ1v) is 12.8. The van der Waals surface area contributed by atoms with Crippen LogP contribution in [0.3, 0.4) is 0 Å². The molecule has 1 atom stereocenters. The number of anilines is 1. The number of amides is 3. The molecule has 0 aliphatic carbocycles. The summed E-state index contributed by atoms with van der Waals surface area (Å²) in [7, 11) is 0. The van der Waals surface area contributed by atoms with Gasteiger partial charge in [0.1, 0.15) is 13.2 Å². The molecule has 3 amide bonds. The molecule has 0 heterocycles. The van der Waals surface area contributed by atoms with Crippen molar-refractivity contribution in [2.75, 3.05) is 25.1 Å². The number of hydrogen-bond acceptors (Lipinski definition) is 9. The maximum atomic E-state index is 13.1. The molecule has 0 radical (unpaired) electrons. The van der Waals surface area contributed by atoms with Gasteiger partial charge in [-0.2, -0.15) is 0 Å². The van der Waals surface area contributed by atoms with Gasteiger partial charge in [0.2, 0.25) is 6.41 Å². The molecule has 0 aromatic heterocycles. The lowest BCUT2D eigenvalue weighted by molar-refractivity contribution is -0.148. The predicted octanol–water partition coefficient (Wildman–Crippen LogP) is 0.418.